The summed E-state index contributed by atoms with van der Waals surface area (Å²) < 4.78 is 4.93. The van der Waals surface area contributed by atoms with Gasteiger partial charge in [0.25, 0.3) is 0 Å². The highest BCUT2D eigenvalue weighted by Gasteiger charge is 2.23. The highest BCUT2D eigenvalue weighted by molar-refractivity contribution is 6.36. The number of para-hydroxylation sites is 3. The molecule has 0 radical (unpaired) electrons. The van der Waals surface area contributed by atoms with E-state index >= 15 is 0 Å². The van der Waals surface area contributed by atoms with Gasteiger partial charge in [0, 0.05) is 43.8 Å². The summed E-state index contributed by atoms with van der Waals surface area (Å²) in [5.41, 5.74) is 13.8. The van der Waals surface area contributed by atoms with E-state index in [0.29, 0.717) is 0 Å². The minimum absolute atomic E-state index is 0.826. The summed E-state index contributed by atoms with van der Waals surface area (Å²) in [6, 6.07) is 70.7. The Labute approximate surface area is 329 Å². The van der Waals surface area contributed by atoms with E-state index in [4.69, 9.17) is 4.99 Å². The Morgan fingerprint density at radius 2 is 1.02 bits per heavy atom. The van der Waals surface area contributed by atoms with Gasteiger partial charge in [0.15, 0.2) is 0 Å². The van der Waals surface area contributed by atoms with Gasteiger partial charge in [-0.3, -0.25) is 0 Å². The minimum atomic E-state index is 0.826. The molecule has 0 amide bonds. The molecule has 1 aliphatic heterocycles. The monoisotopic (exact) mass is 725 g/mol. The average Bonchev–Trinajstić information content (AvgIpc) is 3.67. The summed E-state index contributed by atoms with van der Waals surface area (Å²) in [7, 11) is 0. The van der Waals surface area contributed by atoms with Crippen LogP contribution in [0.15, 0.2) is 205 Å². The van der Waals surface area contributed by atoms with Gasteiger partial charge in [0.05, 0.1) is 39.2 Å². The lowest BCUT2D eigenvalue weighted by molar-refractivity contribution is 1.17. The van der Waals surface area contributed by atoms with Crippen molar-refractivity contribution in [2.45, 2.75) is 6.42 Å². The lowest BCUT2D eigenvalue weighted by Gasteiger charge is -2.18. The molecular weight excluding hydrogens is 691 g/mol. The SMILES string of the molecule is C1=C(c2ccccc2)C(c2ccc(-n3c4cc5ccccc5cc4c4cc5c6ccccc6n(-c6ccccc6)c5cc43)c3ccccc23)=Nc2ccccc2C1. The van der Waals surface area contributed by atoms with Gasteiger partial charge >= 0.3 is 0 Å². The smallest absolute Gasteiger partial charge is 0.0790 e. The maximum Gasteiger partial charge on any atom is 0.0790 e. The first-order valence-corrected chi connectivity index (χ1v) is 19.7. The Hall–Kier alpha value is -7.49. The fraction of sp³-hybridized carbons (Fsp3) is 0.0185. The Morgan fingerprint density at radius 1 is 0.404 bits per heavy atom. The van der Waals surface area contributed by atoms with Crippen molar-refractivity contribution in [3.8, 4) is 11.4 Å². The third-order valence-electron chi connectivity index (χ3n) is 11.9. The molecule has 0 bridgehead atoms. The van der Waals surface area contributed by atoms with Crippen LogP contribution in [0.5, 0.6) is 0 Å². The van der Waals surface area contributed by atoms with Crippen molar-refractivity contribution in [2.75, 3.05) is 0 Å². The third kappa shape index (κ3) is 4.89. The number of hydrogen-bond acceptors (Lipinski definition) is 1. The van der Waals surface area contributed by atoms with Gasteiger partial charge in [-0.05, 0) is 88.3 Å². The van der Waals surface area contributed by atoms with Gasteiger partial charge in [-0.1, -0.05) is 146 Å². The molecule has 1 aliphatic rings. The van der Waals surface area contributed by atoms with Crippen LogP contribution >= 0.6 is 0 Å². The van der Waals surface area contributed by atoms with Crippen LogP contribution < -0.4 is 0 Å². The quantitative estimate of drug-likeness (QED) is 0.172. The second kappa shape index (κ2) is 12.5. The van der Waals surface area contributed by atoms with Crippen molar-refractivity contribution < 1.29 is 0 Å². The molecule has 0 N–H and O–H groups in total. The number of nitrogens with zero attached hydrogens (tertiary/aromatic N) is 3. The van der Waals surface area contributed by atoms with Gasteiger partial charge < -0.3 is 9.13 Å². The number of allylic oxidation sites excluding steroid dienone is 2. The summed E-state index contributed by atoms with van der Waals surface area (Å²) >= 11 is 0. The van der Waals surface area contributed by atoms with E-state index in [-0.39, 0.29) is 0 Å². The van der Waals surface area contributed by atoms with Crippen LogP contribution in [-0.2, 0) is 6.42 Å². The summed E-state index contributed by atoms with van der Waals surface area (Å²) in [4.78, 5) is 5.48. The molecule has 9 aromatic carbocycles. The fourth-order valence-electron chi connectivity index (χ4n) is 9.32. The standard InChI is InChI=1S/C54H35N3/c1-3-15-35(16-4-1)40-28-27-36-17-9-13-25-48(36)55-54(40)44-29-30-50(42-23-11-10-22-41(42)44)57-51-32-38-19-8-7-18-37(38)31-45(51)47-33-46-43-24-12-14-26-49(43)56(52(46)34-53(47)57)39-20-5-2-6-21-39/h1-26,28-34H,27H2. The van der Waals surface area contributed by atoms with Crippen molar-refractivity contribution in [2.24, 2.45) is 4.99 Å². The van der Waals surface area contributed by atoms with E-state index in [0.717, 1.165) is 40.3 Å². The second-order valence-corrected chi connectivity index (χ2v) is 15.1. The van der Waals surface area contributed by atoms with Gasteiger partial charge in [-0.2, -0.15) is 0 Å². The first-order chi connectivity index (χ1) is 28.3. The molecular formula is C54H35N3. The normalized spacial score (nSPS) is 13.1. The van der Waals surface area contributed by atoms with Crippen molar-refractivity contribution in [1.82, 2.24) is 9.13 Å². The molecule has 0 spiro atoms. The molecule has 57 heavy (non-hydrogen) atoms. The first kappa shape index (κ1) is 31.8. The molecule has 0 aliphatic carbocycles. The molecule has 0 unspecified atom stereocenters. The molecule has 3 nitrogen and oxygen atoms in total. The molecule has 3 heteroatoms. The predicted molar refractivity (Wildman–Crippen MR) is 241 cm³/mol. The van der Waals surface area contributed by atoms with Crippen molar-refractivity contribution in [1.29, 1.82) is 0 Å². The number of fused-ring (bicyclic) bond motifs is 9. The third-order valence-corrected chi connectivity index (χ3v) is 11.9. The van der Waals surface area contributed by atoms with Gasteiger partial charge in [-0.15, -0.1) is 0 Å². The van der Waals surface area contributed by atoms with Gasteiger partial charge in [-0.25, -0.2) is 4.99 Å². The summed E-state index contributed by atoms with van der Waals surface area (Å²) in [5.74, 6) is 0. The first-order valence-electron chi connectivity index (χ1n) is 19.7. The Bertz CT molecular complexity index is 3470. The zero-order valence-corrected chi connectivity index (χ0v) is 31.1. The van der Waals surface area contributed by atoms with E-state index in [9.17, 15) is 0 Å². The molecule has 2 aromatic heterocycles. The molecule has 12 rings (SSSR count). The van der Waals surface area contributed by atoms with E-state index in [1.54, 1.807) is 0 Å². The zero-order chi connectivity index (χ0) is 37.5. The molecule has 0 saturated heterocycles. The van der Waals surface area contributed by atoms with Crippen molar-refractivity contribution in [3.05, 3.63) is 217 Å². The Morgan fingerprint density at radius 3 is 1.86 bits per heavy atom. The molecule has 0 atom stereocenters. The molecule has 0 fully saturated rings. The topological polar surface area (TPSA) is 22.2 Å². The maximum atomic E-state index is 5.48. The molecule has 266 valence electrons. The average molecular weight is 726 g/mol. The summed E-state index contributed by atoms with van der Waals surface area (Å²) in [5, 5.41) is 9.80. The number of rotatable bonds is 4. The molecule has 3 heterocycles. The number of benzene rings is 9. The highest BCUT2D eigenvalue weighted by atomic mass is 15.0. The van der Waals surface area contributed by atoms with Crippen LogP contribution in [0.25, 0.3) is 82.1 Å². The van der Waals surface area contributed by atoms with Crippen LogP contribution in [-0.4, -0.2) is 14.8 Å². The van der Waals surface area contributed by atoms with Gasteiger partial charge in [0.2, 0.25) is 0 Å². The number of aromatic nitrogens is 2. The maximum absolute atomic E-state index is 5.48. The zero-order valence-electron chi connectivity index (χ0n) is 31.1. The van der Waals surface area contributed by atoms with Crippen LogP contribution in [0.4, 0.5) is 5.69 Å². The molecule has 0 saturated carbocycles. The minimum Gasteiger partial charge on any atom is -0.309 e. The van der Waals surface area contributed by atoms with E-state index < -0.39 is 0 Å². The lowest BCUT2D eigenvalue weighted by atomic mass is 9.91. The van der Waals surface area contributed by atoms with Crippen LogP contribution in [0.3, 0.4) is 0 Å². The highest BCUT2D eigenvalue weighted by Crippen LogP contribution is 2.43. The summed E-state index contributed by atoms with van der Waals surface area (Å²) in [6.45, 7) is 0. The van der Waals surface area contributed by atoms with E-state index in [1.807, 2.05) is 0 Å². The van der Waals surface area contributed by atoms with Crippen molar-refractivity contribution >= 4 is 82.1 Å². The Kier molecular flexibility index (Phi) is 6.99. The van der Waals surface area contributed by atoms with Crippen LogP contribution in [0.2, 0.25) is 0 Å². The lowest BCUT2D eigenvalue weighted by Crippen LogP contribution is -2.06. The van der Waals surface area contributed by atoms with Crippen LogP contribution in [0, 0.1) is 0 Å². The largest absolute Gasteiger partial charge is 0.309 e. The van der Waals surface area contributed by atoms with Crippen LogP contribution in [0.1, 0.15) is 16.7 Å². The second-order valence-electron chi connectivity index (χ2n) is 15.1. The fourth-order valence-corrected chi connectivity index (χ4v) is 9.32. The van der Waals surface area contributed by atoms with E-state index in [2.05, 4.69) is 209 Å². The summed E-state index contributed by atoms with van der Waals surface area (Å²) in [6.07, 6.45) is 3.19. The predicted octanol–water partition coefficient (Wildman–Crippen LogP) is 13.9. The molecule has 11 aromatic rings. The number of hydrogen-bond donors (Lipinski definition) is 0. The Balaban J connectivity index is 1.18. The van der Waals surface area contributed by atoms with E-state index in [1.165, 1.54) is 76.3 Å². The van der Waals surface area contributed by atoms with Gasteiger partial charge in [0.1, 0.15) is 0 Å². The van der Waals surface area contributed by atoms with Crippen molar-refractivity contribution in [3.63, 3.8) is 0 Å². The number of aliphatic imine (C=N–C) groups is 1.